The van der Waals surface area contributed by atoms with Crippen LogP contribution in [0.25, 0.3) is 0 Å². The van der Waals surface area contributed by atoms with Gasteiger partial charge in [-0.05, 0) is 107 Å². The Morgan fingerprint density at radius 3 is 2.49 bits per heavy atom. The third kappa shape index (κ3) is 8.13. The zero-order valence-electron chi connectivity index (χ0n) is 31.7. The highest BCUT2D eigenvalue weighted by molar-refractivity contribution is 8.76. The Bertz CT molecular complexity index is 1440. The molecular formula is C40H62N2O11S2. The summed E-state index contributed by atoms with van der Waals surface area (Å²) in [5.41, 5.74) is -2.88. The molecule has 9 N–H and O–H groups in total. The molecule has 15 heteroatoms. The molecule has 3 saturated heterocycles. The number of piperidine rings is 1. The van der Waals surface area contributed by atoms with Crippen LogP contribution < -0.4 is 10.6 Å². The summed E-state index contributed by atoms with van der Waals surface area (Å²) >= 11 is 0. The topological polar surface area (TPSA) is 218 Å². The molecule has 0 aromatic carbocycles. The molecule has 6 fully saturated rings. The lowest BCUT2D eigenvalue weighted by atomic mass is 9.50. The van der Waals surface area contributed by atoms with E-state index < -0.39 is 71.3 Å². The highest BCUT2D eigenvalue weighted by Gasteiger charge is 2.67. The maximum atomic E-state index is 15.6. The van der Waals surface area contributed by atoms with Crippen LogP contribution in [0.15, 0.2) is 23.5 Å². The number of Topliss-reactive ketones (excluding diaryl/α,β-unsaturated/α-hetero) is 2. The van der Waals surface area contributed by atoms with Crippen molar-refractivity contribution in [1.29, 1.82) is 0 Å². The molecule has 7 unspecified atom stereocenters. The third-order valence-electron chi connectivity index (χ3n) is 14.1. The molecule has 3 heterocycles. The number of carbonyl (C=O) groups excluding carboxylic acids is 2. The zero-order valence-corrected chi connectivity index (χ0v) is 33.3. The van der Waals surface area contributed by atoms with Gasteiger partial charge in [0.1, 0.15) is 40.9 Å². The summed E-state index contributed by atoms with van der Waals surface area (Å²) in [6.07, 6.45) is 5.32. The van der Waals surface area contributed by atoms with Gasteiger partial charge >= 0.3 is 0 Å². The van der Waals surface area contributed by atoms with Gasteiger partial charge in [0.15, 0.2) is 12.1 Å². The average molecular weight is 811 g/mol. The maximum absolute atomic E-state index is 15.6. The number of nitrogens with one attached hydrogen (secondary N) is 2. The van der Waals surface area contributed by atoms with Crippen LogP contribution in [0.2, 0.25) is 0 Å². The normalized spacial score (nSPS) is 45.7. The molecular weight excluding hydrogens is 749 g/mol. The second-order valence-electron chi connectivity index (χ2n) is 17.4. The Morgan fingerprint density at radius 1 is 0.909 bits per heavy atom. The molecule has 0 radical (unpaired) electrons. The van der Waals surface area contributed by atoms with Crippen LogP contribution in [0.4, 0.5) is 0 Å². The Kier molecular flexibility index (Phi) is 13.8. The van der Waals surface area contributed by atoms with E-state index in [0.29, 0.717) is 50.8 Å². The fraction of sp³-hybridized carbons (Fsp3) is 0.850. The van der Waals surface area contributed by atoms with E-state index in [1.54, 1.807) is 6.08 Å². The van der Waals surface area contributed by atoms with Gasteiger partial charge < -0.3 is 50.5 Å². The molecule has 6 bridgehead atoms. The van der Waals surface area contributed by atoms with Gasteiger partial charge in [-0.1, -0.05) is 46.9 Å². The van der Waals surface area contributed by atoms with Gasteiger partial charge in [0, 0.05) is 24.4 Å². The van der Waals surface area contributed by atoms with Crippen molar-refractivity contribution < 1.29 is 54.8 Å². The molecule has 0 aromatic rings. The highest BCUT2D eigenvalue weighted by Crippen LogP contribution is 2.60. The number of allylic oxidation sites excluding steroid dienone is 4. The molecule has 55 heavy (non-hydrogen) atoms. The summed E-state index contributed by atoms with van der Waals surface area (Å²) in [6, 6.07) is 0. The molecule has 7 aliphatic rings. The second kappa shape index (κ2) is 18.0. The number of hydrogen-bond acceptors (Lipinski definition) is 15. The molecule has 15 atom stereocenters. The molecule has 4 aliphatic carbocycles. The van der Waals surface area contributed by atoms with E-state index >= 15 is 9.59 Å². The van der Waals surface area contributed by atoms with Gasteiger partial charge in [0.05, 0.1) is 36.6 Å². The Hall–Kier alpha value is -1.08. The zero-order chi connectivity index (χ0) is 38.9. The number of ketones is 2. The van der Waals surface area contributed by atoms with Crippen molar-refractivity contribution in [2.45, 2.75) is 138 Å². The number of rotatable bonds is 7. The lowest BCUT2D eigenvalue weighted by Gasteiger charge is -2.54. The van der Waals surface area contributed by atoms with Gasteiger partial charge in [0.25, 0.3) is 0 Å². The first-order chi connectivity index (χ1) is 26.5. The minimum atomic E-state index is -2.06. The smallest absolute Gasteiger partial charge is 0.187 e. The summed E-state index contributed by atoms with van der Waals surface area (Å²) in [7, 11) is 2.99. The Labute approximate surface area is 331 Å². The summed E-state index contributed by atoms with van der Waals surface area (Å²) < 4.78 is 12.5. The van der Waals surface area contributed by atoms with Crippen molar-refractivity contribution in [2.24, 2.45) is 40.9 Å². The number of fused-ring (bicyclic) bond motifs is 4. The van der Waals surface area contributed by atoms with Crippen LogP contribution in [-0.2, 0) is 19.1 Å². The van der Waals surface area contributed by atoms with E-state index in [1.165, 1.54) is 21.6 Å². The van der Waals surface area contributed by atoms with Gasteiger partial charge in [-0.15, -0.1) is 0 Å². The van der Waals surface area contributed by atoms with Crippen molar-refractivity contribution in [3.8, 4) is 0 Å². The number of carbonyl (C=O) groups is 2. The average Bonchev–Trinajstić information content (AvgIpc) is 3.19. The van der Waals surface area contributed by atoms with E-state index in [-0.39, 0.29) is 60.9 Å². The van der Waals surface area contributed by atoms with E-state index in [9.17, 15) is 35.7 Å². The Balaban J connectivity index is 1.28. The van der Waals surface area contributed by atoms with Crippen molar-refractivity contribution in [1.82, 2.24) is 10.6 Å². The summed E-state index contributed by atoms with van der Waals surface area (Å²) in [6.45, 7) is 0.117. The van der Waals surface area contributed by atoms with Crippen LogP contribution in [0.5, 0.6) is 0 Å². The van der Waals surface area contributed by atoms with E-state index in [4.69, 9.17) is 9.47 Å². The molecule has 7 rings (SSSR count). The predicted molar refractivity (Wildman–Crippen MR) is 207 cm³/mol. The van der Waals surface area contributed by atoms with Crippen LogP contribution in [0.1, 0.15) is 89.9 Å². The van der Waals surface area contributed by atoms with Crippen LogP contribution in [0.3, 0.4) is 0 Å². The fourth-order valence-electron chi connectivity index (χ4n) is 11.2. The standard InChI is InChI=1S/C40H62N2O11S2/c43-13-3-8-31-40-27(16-25(17-30(40)46)15-23-4-1-5-24(14-23)19-44)34(47)26-6-2-7-28(33(26)36(40)49)52-38-37(50)39(51,35(48)29(20-45)53-38)11-9-22-10-12-41-32(18-22)42-21-54-55-31/h16-17,22-24,26-29,31-33,35,37-38,41-46,48,50-51H,1-15,18-21H2/t22?,23?,24?,26?,27-,28?,29+,31-,32?,33?,35+,37-,38+,39+,40-/m0/s1. The van der Waals surface area contributed by atoms with Crippen LogP contribution in [-0.4, -0.2) is 127 Å². The van der Waals surface area contributed by atoms with Crippen molar-refractivity contribution in [2.75, 3.05) is 32.2 Å². The number of hydrogen-bond donors (Lipinski definition) is 9. The Morgan fingerprint density at radius 2 is 1.71 bits per heavy atom. The summed E-state index contributed by atoms with van der Waals surface area (Å²) in [4.78, 5) is 30.6. The SMILES string of the molecule is O=C1C2CCCC3O[C@@H]4O[C@H](CO)[C@@H](O)[C@](O)(CCC5CCNC(C5)NCSS[C@@H](CCCO)[C@@]5(C(=O)C32)C(O)=CC(CC2CCCC(CO)C2)=C[C@@H]15)[C@H]4O. The van der Waals surface area contributed by atoms with Crippen molar-refractivity contribution in [3.05, 3.63) is 23.5 Å². The monoisotopic (exact) mass is 810 g/mol. The first kappa shape index (κ1) is 42.1. The number of ether oxygens (including phenoxy) is 2. The van der Waals surface area contributed by atoms with Crippen LogP contribution in [0, 0.1) is 40.9 Å². The molecule has 3 saturated carbocycles. The summed E-state index contributed by atoms with van der Waals surface area (Å²) in [5.74, 6) is -2.03. The lowest BCUT2D eigenvalue weighted by molar-refractivity contribution is -0.346. The molecule has 310 valence electrons. The van der Waals surface area contributed by atoms with Crippen molar-refractivity contribution in [3.63, 3.8) is 0 Å². The lowest BCUT2D eigenvalue weighted by Crippen LogP contribution is -2.69. The molecule has 3 aliphatic heterocycles. The quantitative estimate of drug-likeness (QED) is 0.169. The second-order valence-corrected chi connectivity index (χ2v) is 19.9. The van der Waals surface area contributed by atoms with Gasteiger partial charge in [0.2, 0.25) is 0 Å². The first-order valence-electron chi connectivity index (χ1n) is 20.7. The molecule has 13 nitrogen and oxygen atoms in total. The van der Waals surface area contributed by atoms with Gasteiger partial charge in [-0.25, -0.2) is 0 Å². The molecule has 0 aromatic heterocycles. The maximum Gasteiger partial charge on any atom is 0.187 e. The van der Waals surface area contributed by atoms with E-state index in [1.807, 2.05) is 6.08 Å². The van der Waals surface area contributed by atoms with E-state index in [2.05, 4.69) is 10.6 Å². The van der Waals surface area contributed by atoms with Crippen LogP contribution >= 0.6 is 21.6 Å². The highest BCUT2D eigenvalue weighted by atomic mass is 33.1. The largest absolute Gasteiger partial charge is 0.511 e. The fourth-order valence-corrected chi connectivity index (χ4v) is 14.1. The summed E-state index contributed by atoms with van der Waals surface area (Å²) in [5, 5.41) is 84.0. The van der Waals surface area contributed by atoms with Gasteiger partial charge in [-0.2, -0.15) is 0 Å². The minimum absolute atomic E-state index is 0.0390. The third-order valence-corrected chi connectivity index (χ3v) is 16.8. The predicted octanol–water partition coefficient (Wildman–Crippen LogP) is 2.47. The van der Waals surface area contributed by atoms with E-state index in [0.717, 1.165) is 50.6 Å². The number of aliphatic hydroxyl groups is 7. The first-order valence-corrected chi connectivity index (χ1v) is 23.1. The van der Waals surface area contributed by atoms with Gasteiger partial charge in [-0.3, -0.25) is 14.9 Å². The molecule has 1 spiro atoms. The molecule has 0 amide bonds. The van der Waals surface area contributed by atoms with Crippen molar-refractivity contribution >= 4 is 33.2 Å². The number of aliphatic hydroxyl groups excluding tert-OH is 6. The minimum Gasteiger partial charge on any atom is -0.511 e.